The molecule has 0 spiro atoms. The predicted octanol–water partition coefficient (Wildman–Crippen LogP) is 2.77. The summed E-state index contributed by atoms with van der Waals surface area (Å²) < 4.78 is 5.25. The van der Waals surface area contributed by atoms with Crippen molar-refractivity contribution in [1.82, 2.24) is 5.32 Å². The van der Waals surface area contributed by atoms with Crippen LogP contribution >= 0.6 is 0 Å². The first-order chi connectivity index (χ1) is 10.3. The zero-order valence-electron chi connectivity index (χ0n) is 13.1. The van der Waals surface area contributed by atoms with Gasteiger partial charge in [-0.3, -0.25) is 10.1 Å². The SMILES string of the molecule is CC(C)(C)OC(=O)Nc1ccccc1C1CC(C(=O)O)CN1. The molecular weight excluding hydrogens is 284 g/mol. The number of carboxylic acids is 1. The van der Waals surface area contributed by atoms with Crippen molar-refractivity contribution in [1.29, 1.82) is 0 Å². The monoisotopic (exact) mass is 306 g/mol. The molecule has 0 aromatic heterocycles. The molecule has 1 aliphatic heterocycles. The largest absolute Gasteiger partial charge is 0.481 e. The normalized spacial score (nSPS) is 21.4. The molecule has 120 valence electrons. The predicted molar refractivity (Wildman–Crippen MR) is 82.8 cm³/mol. The Balaban J connectivity index is 2.11. The van der Waals surface area contributed by atoms with Gasteiger partial charge in [-0.05, 0) is 38.8 Å². The molecule has 6 nitrogen and oxygen atoms in total. The molecule has 1 heterocycles. The second-order valence-electron chi connectivity index (χ2n) is 6.45. The minimum absolute atomic E-state index is 0.0905. The van der Waals surface area contributed by atoms with Gasteiger partial charge in [-0.2, -0.15) is 0 Å². The average molecular weight is 306 g/mol. The van der Waals surface area contributed by atoms with E-state index < -0.39 is 23.6 Å². The first-order valence-corrected chi connectivity index (χ1v) is 7.31. The van der Waals surface area contributed by atoms with Crippen molar-refractivity contribution < 1.29 is 19.4 Å². The number of amides is 1. The fourth-order valence-electron chi connectivity index (χ4n) is 2.49. The average Bonchev–Trinajstić information content (AvgIpc) is 2.86. The summed E-state index contributed by atoms with van der Waals surface area (Å²) in [7, 11) is 0. The van der Waals surface area contributed by atoms with Crippen molar-refractivity contribution in [3.05, 3.63) is 29.8 Å². The van der Waals surface area contributed by atoms with Gasteiger partial charge in [-0.15, -0.1) is 0 Å². The number of benzene rings is 1. The molecule has 0 bridgehead atoms. The van der Waals surface area contributed by atoms with E-state index in [2.05, 4.69) is 10.6 Å². The Bertz CT molecular complexity index is 566. The highest BCUT2D eigenvalue weighted by molar-refractivity contribution is 5.86. The third-order valence-corrected chi connectivity index (χ3v) is 3.45. The van der Waals surface area contributed by atoms with Gasteiger partial charge in [0.2, 0.25) is 0 Å². The van der Waals surface area contributed by atoms with Gasteiger partial charge in [-0.1, -0.05) is 18.2 Å². The molecule has 1 aromatic rings. The molecule has 2 unspecified atom stereocenters. The van der Waals surface area contributed by atoms with Crippen molar-refractivity contribution in [3.63, 3.8) is 0 Å². The zero-order chi connectivity index (χ0) is 16.3. The highest BCUT2D eigenvalue weighted by Crippen LogP contribution is 2.32. The Morgan fingerprint density at radius 3 is 2.59 bits per heavy atom. The summed E-state index contributed by atoms with van der Waals surface area (Å²) in [5.41, 5.74) is 0.941. The number of para-hydroxylation sites is 1. The lowest BCUT2D eigenvalue weighted by molar-refractivity contribution is -0.141. The van der Waals surface area contributed by atoms with E-state index in [0.717, 1.165) is 5.56 Å². The molecule has 1 amide bonds. The van der Waals surface area contributed by atoms with E-state index in [4.69, 9.17) is 9.84 Å². The maximum atomic E-state index is 11.9. The molecule has 0 saturated carbocycles. The summed E-state index contributed by atoms with van der Waals surface area (Å²) >= 11 is 0. The molecule has 1 aromatic carbocycles. The van der Waals surface area contributed by atoms with Crippen LogP contribution in [-0.4, -0.2) is 29.3 Å². The Kier molecular flexibility index (Phi) is 4.71. The van der Waals surface area contributed by atoms with Gasteiger partial charge >= 0.3 is 12.1 Å². The first-order valence-electron chi connectivity index (χ1n) is 7.31. The topological polar surface area (TPSA) is 87.7 Å². The van der Waals surface area contributed by atoms with Gasteiger partial charge < -0.3 is 15.2 Å². The van der Waals surface area contributed by atoms with Gasteiger partial charge in [0.25, 0.3) is 0 Å². The Hall–Kier alpha value is -2.08. The molecule has 3 N–H and O–H groups in total. The molecule has 22 heavy (non-hydrogen) atoms. The molecule has 2 rings (SSSR count). The summed E-state index contributed by atoms with van der Waals surface area (Å²) in [6, 6.07) is 7.27. The van der Waals surface area contributed by atoms with Crippen LogP contribution < -0.4 is 10.6 Å². The standard InChI is InChI=1S/C16H22N2O4/c1-16(2,3)22-15(21)18-12-7-5-4-6-11(12)13-8-10(9-17-13)14(19)20/h4-7,10,13,17H,8-9H2,1-3H3,(H,18,21)(H,19,20). The number of carboxylic acid groups (broad SMARTS) is 1. The Morgan fingerprint density at radius 1 is 1.32 bits per heavy atom. The van der Waals surface area contributed by atoms with E-state index in [9.17, 15) is 9.59 Å². The van der Waals surface area contributed by atoms with Crippen molar-refractivity contribution in [2.45, 2.75) is 38.8 Å². The number of anilines is 1. The van der Waals surface area contributed by atoms with Gasteiger partial charge in [-0.25, -0.2) is 4.79 Å². The number of aliphatic carboxylic acids is 1. The summed E-state index contributed by atoms with van der Waals surface area (Å²) in [5, 5.41) is 15.0. The molecule has 1 fully saturated rings. The lowest BCUT2D eigenvalue weighted by Crippen LogP contribution is -2.28. The minimum atomic E-state index is -0.799. The third kappa shape index (κ3) is 4.21. The summed E-state index contributed by atoms with van der Waals surface area (Å²) in [4.78, 5) is 23.0. The van der Waals surface area contributed by atoms with Crippen LogP contribution in [0.2, 0.25) is 0 Å². The number of nitrogens with one attached hydrogen (secondary N) is 2. The first kappa shape index (κ1) is 16.3. The fraction of sp³-hybridized carbons (Fsp3) is 0.500. The van der Waals surface area contributed by atoms with E-state index in [1.807, 2.05) is 18.2 Å². The quantitative estimate of drug-likeness (QED) is 0.799. The summed E-state index contributed by atoms with van der Waals surface area (Å²) in [6.45, 7) is 5.83. The van der Waals surface area contributed by atoms with E-state index >= 15 is 0 Å². The van der Waals surface area contributed by atoms with Gasteiger partial charge in [0.1, 0.15) is 5.60 Å². The molecule has 0 radical (unpaired) electrons. The van der Waals surface area contributed by atoms with E-state index in [1.54, 1.807) is 26.8 Å². The Morgan fingerprint density at radius 2 is 2.00 bits per heavy atom. The van der Waals surface area contributed by atoms with Crippen LogP contribution in [0.3, 0.4) is 0 Å². The van der Waals surface area contributed by atoms with Gasteiger partial charge in [0.05, 0.1) is 5.92 Å². The molecule has 2 atom stereocenters. The lowest BCUT2D eigenvalue weighted by atomic mass is 9.99. The van der Waals surface area contributed by atoms with Crippen molar-refractivity contribution in [2.75, 3.05) is 11.9 Å². The van der Waals surface area contributed by atoms with Crippen LogP contribution in [0, 0.1) is 5.92 Å². The van der Waals surface area contributed by atoms with Crippen LogP contribution in [-0.2, 0) is 9.53 Å². The number of rotatable bonds is 3. The lowest BCUT2D eigenvalue weighted by Gasteiger charge is -2.21. The van der Waals surface area contributed by atoms with E-state index in [0.29, 0.717) is 18.7 Å². The second-order valence-corrected chi connectivity index (χ2v) is 6.45. The van der Waals surface area contributed by atoms with E-state index in [1.165, 1.54) is 0 Å². The number of carbonyl (C=O) groups is 2. The Labute approximate surface area is 129 Å². The van der Waals surface area contributed by atoms with Crippen LogP contribution in [0.15, 0.2) is 24.3 Å². The molecule has 1 aliphatic rings. The minimum Gasteiger partial charge on any atom is -0.481 e. The van der Waals surface area contributed by atoms with Crippen molar-refractivity contribution >= 4 is 17.7 Å². The second kappa shape index (κ2) is 6.36. The highest BCUT2D eigenvalue weighted by Gasteiger charge is 2.31. The molecule has 6 heteroatoms. The number of hydrogen-bond acceptors (Lipinski definition) is 4. The molecule has 0 aliphatic carbocycles. The number of ether oxygens (including phenoxy) is 1. The molecule has 1 saturated heterocycles. The third-order valence-electron chi connectivity index (χ3n) is 3.45. The summed E-state index contributed by atoms with van der Waals surface area (Å²) in [5.74, 6) is -1.20. The van der Waals surface area contributed by atoms with Gasteiger partial charge in [0, 0.05) is 18.3 Å². The smallest absolute Gasteiger partial charge is 0.412 e. The van der Waals surface area contributed by atoms with Crippen LogP contribution in [0.5, 0.6) is 0 Å². The van der Waals surface area contributed by atoms with Crippen LogP contribution in [0.25, 0.3) is 0 Å². The maximum absolute atomic E-state index is 11.9. The van der Waals surface area contributed by atoms with Crippen LogP contribution in [0.1, 0.15) is 38.8 Å². The zero-order valence-corrected chi connectivity index (χ0v) is 13.1. The number of hydrogen-bond donors (Lipinski definition) is 3. The van der Waals surface area contributed by atoms with Crippen LogP contribution in [0.4, 0.5) is 10.5 Å². The van der Waals surface area contributed by atoms with Crippen molar-refractivity contribution in [3.8, 4) is 0 Å². The molecular formula is C16H22N2O4. The number of carbonyl (C=O) groups excluding carboxylic acids is 1. The van der Waals surface area contributed by atoms with Crippen molar-refractivity contribution in [2.24, 2.45) is 5.92 Å². The van der Waals surface area contributed by atoms with E-state index in [-0.39, 0.29) is 6.04 Å². The fourth-order valence-corrected chi connectivity index (χ4v) is 2.49. The maximum Gasteiger partial charge on any atom is 0.412 e. The summed E-state index contributed by atoms with van der Waals surface area (Å²) in [6.07, 6.45) is -0.0183. The van der Waals surface area contributed by atoms with Gasteiger partial charge in [0.15, 0.2) is 0 Å². The highest BCUT2D eigenvalue weighted by atomic mass is 16.6.